The van der Waals surface area contributed by atoms with Crippen LogP contribution >= 0.6 is 38.9 Å². The highest BCUT2D eigenvalue weighted by atomic mass is 79.9. The van der Waals surface area contributed by atoms with Crippen LogP contribution in [0.1, 0.15) is 23.8 Å². The van der Waals surface area contributed by atoms with Gasteiger partial charge in [-0.25, -0.2) is 0 Å². The van der Waals surface area contributed by atoms with E-state index in [9.17, 15) is 0 Å². The lowest BCUT2D eigenvalue weighted by Gasteiger charge is -2.06. The SMILES string of the molecule is NC(c1ccc(-c2cc(Cl)ccc2Br)s1)C1CC1. The molecule has 3 rings (SSSR count). The van der Waals surface area contributed by atoms with Crippen LogP contribution in [0.25, 0.3) is 10.4 Å². The molecule has 1 nitrogen and oxygen atoms in total. The molecule has 1 aliphatic rings. The van der Waals surface area contributed by atoms with Crippen molar-refractivity contribution in [2.45, 2.75) is 18.9 Å². The number of rotatable bonds is 3. The molecule has 0 spiro atoms. The van der Waals surface area contributed by atoms with Crippen molar-refractivity contribution < 1.29 is 0 Å². The first-order valence-electron chi connectivity index (χ1n) is 5.96. The van der Waals surface area contributed by atoms with Gasteiger partial charge < -0.3 is 5.73 Å². The maximum absolute atomic E-state index is 6.23. The summed E-state index contributed by atoms with van der Waals surface area (Å²) in [5, 5.41) is 0.759. The van der Waals surface area contributed by atoms with Gasteiger partial charge in [0.05, 0.1) is 0 Å². The molecule has 1 fully saturated rings. The quantitative estimate of drug-likeness (QED) is 0.811. The van der Waals surface area contributed by atoms with Crippen LogP contribution in [0.2, 0.25) is 5.02 Å². The molecule has 1 aromatic carbocycles. The molecule has 1 heterocycles. The van der Waals surface area contributed by atoms with E-state index < -0.39 is 0 Å². The van der Waals surface area contributed by atoms with Gasteiger partial charge >= 0.3 is 0 Å². The molecule has 0 saturated heterocycles. The summed E-state index contributed by atoms with van der Waals surface area (Å²) < 4.78 is 1.07. The lowest BCUT2D eigenvalue weighted by molar-refractivity contribution is 0.645. The summed E-state index contributed by atoms with van der Waals surface area (Å²) in [4.78, 5) is 2.50. The van der Waals surface area contributed by atoms with Gasteiger partial charge in [0, 0.05) is 30.9 Å². The van der Waals surface area contributed by atoms with Crippen molar-refractivity contribution in [3.63, 3.8) is 0 Å². The van der Waals surface area contributed by atoms with E-state index in [1.54, 1.807) is 11.3 Å². The molecule has 1 aliphatic carbocycles. The average Bonchev–Trinajstić information content (AvgIpc) is 3.09. The third-order valence-corrected chi connectivity index (χ3v) is 5.43. The van der Waals surface area contributed by atoms with Crippen LogP contribution < -0.4 is 5.73 Å². The summed E-state index contributed by atoms with van der Waals surface area (Å²) in [6.07, 6.45) is 2.55. The Kier molecular flexibility index (Phi) is 3.50. The Morgan fingerprint density at radius 1 is 1.28 bits per heavy atom. The number of hydrogen-bond donors (Lipinski definition) is 1. The summed E-state index contributed by atoms with van der Waals surface area (Å²) >= 11 is 11.4. The van der Waals surface area contributed by atoms with E-state index in [1.807, 2.05) is 18.2 Å². The summed E-state index contributed by atoms with van der Waals surface area (Å²) in [6, 6.07) is 10.4. The first-order chi connectivity index (χ1) is 8.65. The van der Waals surface area contributed by atoms with Gasteiger partial charge in [-0.3, -0.25) is 0 Å². The van der Waals surface area contributed by atoms with Gasteiger partial charge in [-0.1, -0.05) is 27.5 Å². The van der Waals surface area contributed by atoms with Crippen molar-refractivity contribution in [2.75, 3.05) is 0 Å². The van der Waals surface area contributed by atoms with Gasteiger partial charge in [-0.05, 0) is 49.1 Å². The molecule has 0 amide bonds. The maximum atomic E-state index is 6.23. The highest BCUT2D eigenvalue weighted by Crippen LogP contribution is 2.43. The van der Waals surface area contributed by atoms with Gasteiger partial charge in [-0.15, -0.1) is 11.3 Å². The fourth-order valence-electron chi connectivity index (χ4n) is 2.05. The van der Waals surface area contributed by atoms with Crippen molar-refractivity contribution in [3.8, 4) is 10.4 Å². The van der Waals surface area contributed by atoms with Crippen molar-refractivity contribution in [3.05, 3.63) is 44.7 Å². The second kappa shape index (κ2) is 4.97. The molecular weight excluding hydrogens is 330 g/mol. The number of nitrogens with two attached hydrogens (primary N) is 1. The molecule has 1 saturated carbocycles. The van der Waals surface area contributed by atoms with Crippen LogP contribution in [-0.4, -0.2) is 0 Å². The molecule has 18 heavy (non-hydrogen) atoms. The molecule has 4 heteroatoms. The van der Waals surface area contributed by atoms with Crippen LogP contribution in [0, 0.1) is 5.92 Å². The lowest BCUT2D eigenvalue weighted by atomic mass is 10.1. The third kappa shape index (κ3) is 2.50. The van der Waals surface area contributed by atoms with Gasteiger partial charge in [0.2, 0.25) is 0 Å². The van der Waals surface area contributed by atoms with Gasteiger partial charge in [0.15, 0.2) is 0 Å². The summed E-state index contributed by atoms with van der Waals surface area (Å²) in [6.45, 7) is 0. The number of benzene rings is 1. The second-order valence-corrected chi connectivity index (χ2v) is 7.10. The van der Waals surface area contributed by atoms with Gasteiger partial charge in [0.1, 0.15) is 0 Å². The molecule has 0 bridgehead atoms. The summed E-state index contributed by atoms with van der Waals surface area (Å²) in [5.41, 5.74) is 7.37. The van der Waals surface area contributed by atoms with Gasteiger partial charge in [0.25, 0.3) is 0 Å². The van der Waals surface area contributed by atoms with Crippen LogP contribution in [0.4, 0.5) is 0 Å². The van der Waals surface area contributed by atoms with Gasteiger partial charge in [-0.2, -0.15) is 0 Å². The first-order valence-corrected chi connectivity index (χ1v) is 7.94. The Morgan fingerprint density at radius 2 is 2.06 bits per heavy atom. The summed E-state index contributed by atoms with van der Waals surface area (Å²) in [7, 11) is 0. The lowest BCUT2D eigenvalue weighted by Crippen LogP contribution is -2.10. The molecule has 1 aromatic heterocycles. The van der Waals surface area contributed by atoms with Crippen LogP contribution in [0.3, 0.4) is 0 Å². The highest BCUT2D eigenvalue weighted by molar-refractivity contribution is 9.10. The Labute approximate surface area is 124 Å². The van der Waals surface area contributed by atoms with Crippen molar-refractivity contribution >= 4 is 38.9 Å². The molecule has 94 valence electrons. The summed E-state index contributed by atoms with van der Waals surface area (Å²) in [5.74, 6) is 0.694. The third-order valence-electron chi connectivity index (χ3n) is 3.28. The molecule has 2 N–H and O–H groups in total. The van der Waals surface area contributed by atoms with E-state index in [4.69, 9.17) is 17.3 Å². The zero-order valence-electron chi connectivity index (χ0n) is 9.70. The standard InChI is InChI=1S/C14H13BrClNS/c15-11-4-3-9(16)7-10(11)12-5-6-13(18-12)14(17)8-1-2-8/h3-8,14H,1-2,17H2. The normalized spacial score (nSPS) is 16.8. The number of thiophene rings is 1. The van der Waals surface area contributed by atoms with Crippen molar-refractivity contribution in [1.29, 1.82) is 0 Å². The zero-order valence-corrected chi connectivity index (χ0v) is 12.9. The molecule has 1 atom stereocenters. The van der Waals surface area contributed by atoms with E-state index in [0.29, 0.717) is 5.92 Å². The maximum Gasteiger partial charge on any atom is 0.0418 e. The fourth-order valence-corrected chi connectivity index (χ4v) is 3.95. The Morgan fingerprint density at radius 3 is 2.78 bits per heavy atom. The minimum absolute atomic E-state index is 0.210. The highest BCUT2D eigenvalue weighted by Gasteiger charge is 2.30. The van der Waals surface area contributed by atoms with E-state index in [0.717, 1.165) is 15.1 Å². The number of hydrogen-bond acceptors (Lipinski definition) is 2. The largest absolute Gasteiger partial charge is 0.323 e. The van der Waals surface area contributed by atoms with E-state index in [-0.39, 0.29) is 6.04 Å². The van der Waals surface area contributed by atoms with Crippen LogP contribution in [0.5, 0.6) is 0 Å². The Bertz CT molecular complexity index is 577. The topological polar surface area (TPSA) is 26.0 Å². The van der Waals surface area contributed by atoms with Crippen LogP contribution in [-0.2, 0) is 0 Å². The molecule has 0 radical (unpaired) electrons. The smallest absolute Gasteiger partial charge is 0.0418 e. The second-order valence-electron chi connectivity index (χ2n) is 4.69. The minimum atomic E-state index is 0.210. The first kappa shape index (κ1) is 12.7. The average molecular weight is 343 g/mol. The Hall–Kier alpha value is -0.350. The van der Waals surface area contributed by atoms with E-state index in [1.165, 1.54) is 22.6 Å². The van der Waals surface area contributed by atoms with Crippen molar-refractivity contribution in [1.82, 2.24) is 0 Å². The molecule has 0 aliphatic heterocycles. The predicted octanol–water partition coefficient (Wildman–Crippen LogP) is 5.24. The van der Waals surface area contributed by atoms with Crippen LogP contribution in [0.15, 0.2) is 34.8 Å². The fraction of sp³-hybridized carbons (Fsp3) is 0.286. The number of halogens is 2. The molecular formula is C14H13BrClNS. The minimum Gasteiger partial charge on any atom is -0.323 e. The van der Waals surface area contributed by atoms with E-state index in [2.05, 4.69) is 28.1 Å². The Balaban J connectivity index is 1.94. The molecule has 1 unspecified atom stereocenters. The monoisotopic (exact) mass is 341 g/mol. The molecule has 2 aromatic rings. The van der Waals surface area contributed by atoms with E-state index >= 15 is 0 Å². The zero-order chi connectivity index (χ0) is 12.7. The van der Waals surface area contributed by atoms with Crippen molar-refractivity contribution in [2.24, 2.45) is 11.7 Å². The predicted molar refractivity (Wildman–Crippen MR) is 82.1 cm³/mol.